The molecular formula is C33H40BrF2N3O3. The third-order valence-electron chi connectivity index (χ3n) is 7.00. The minimum absolute atomic E-state index is 0.0629. The lowest BCUT2D eigenvalue weighted by Crippen LogP contribution is -2.48. The fraction of sp³-hybridized carbons (Fsp3) is 0.394. The second-order valence-corrected chi connectivity index (χ2v) is 11.3. The standard InChI is InChI=1S/C33H40BrF2N3O3/c1-4-12-39(13-5-2)33(42)26-15-25(16-27(34)17-26)32(41)38-30(18-24-10-11-28(35)19-29(24)36)31(40)21-37-20-23-9-7-8-22(6-3)14-23/h7-11,14-17,19,30-31,37,40H,4-6,12-13,18,20-21H2,1-3H3,(H,38,41)/t30?,31-/m1/s1. The van der Waals surface area contributed by atoms with Crippen molar-refractivity contribution < 1.29 is 23.5 Å². The summed E-state index contributed by atoms with van der Waals surface area (Å²) < 4.78 is 28.7. The van der Waals surface area contributed by atoms with Crippen LogP contribution in [0.5, 0.6) is 0 Å². The van der Waals surface area contributed by atoms with Crippen LogP contribution in [-0.4, -0.2) is 53.6 Å². The van der Waals surface area contributed by atoms with E-state index in [1.807, 2.05) is 32.0 Å². The first-order valence-electron chi connectivity index (χ1n) is 14.5. The monoisotopic (exact) mass is 643 g/mol. The molecule has 3 rings (SSSR count). The molecule has 0 radical (unpaired) electrons. The van der Waals surface area contributed by atoms with E-state index >= 15 is 0 Å². The van der Waals surface area contributed by atoms with Crippen LogP contribution < -0.4 is 10.6 Å². The van der Waals surface area contributed by atoms with Crippen molar-refractivity contribution in [2.75, 3.05) is 19.6 Å². The van der Waals surface area contributed by atoms with Gasteiger partial charge in [-0.25, -0.2) is 8.78 Å². The summed E-state index contributed by atoms with van der Waals surface area (Å²) in [6.07, 6.45) is 1.37. The molecule has 2 amide bonds. The number of rotatable bonds is 15. The number of aliphatic hydroxyl groups excluding tert-OH is 1. The van der Waals surface area contributed by atoms with Crippen LogP contribution in [0.1, 0.15) is 71.0 Å². The average Bonchev–Trinajstić information content (AvgIpc) is 2.97. The van der Waals surface area contributed by atoms with Crippen molar-refractivity contribution >= 4 is 27.7 Å². The summed E-state index contributed by atoms with van der Waals surface area (Å²) in [6, 6.07) is 15.2. The lowest BCUT2D eigenvalue weighted by molar-refractivity contribution is 0.0755. The molecule has 0 aliphatic rings. The largest absolute Gasteiger partial charge is 0.390 e. The van der Waals surface area contributed by atoms with Crippen LogP contribution in [0.4, 0.5) is 8.78 Å². The van der Waals surface area contributed by atoms with Crippen molar-refractivity contribution in [3.8, 4) is 0 Å². The molecule has 0 fully saturated rings. The van der Waals surface area contributed by atoms with Crippen LogP contribution in [0, 0.1) is 11.6 Å². The minimum Gasteiger partial charge on any atom is -0.390 e. The van der Waals surface area contributed by atoms with Crippen molar-refractivity contribution in [1.82, 2.24) is 15.5 Å². The number of carbonyl (C=O) groups is 2. The van der Waals surface area contributed by atoms with Crippen molar-refractivity contribution in [3.63, 3.8) is 0 Å². The number of aryl methyl sites for hydroxylation is 1. The summed E-state index contributed by atoms with van der Waals surface area (Å²) in [6.45, 7) is 7.91. The number of aliphatic hydroxyl groups is 1. The van der Waals surface area contributed by atoms with Gasteiger partial charge in [-0.1, -0.05) is 67.0 Å². The van der Waals surface area contributed by atoms with Gasteiger partial charge in [-0.2, -0.15) is 0 Å². The molecule has 1 unspecified atom stereocenters. The van der Waals surface area contributed by atoms with E-state index < -0.39 is 29.7 Å². The molecule has 0 spiro atoms. The van der Waals surface area contributed by atoms with Gasteiger partial charge < -0.3 is 20.6 Å². The Bertz CT molecular complexity index is 1350. The van der Waals surface area contributed by atoms with Gasteiger partial charge in [0.2, 0.25) is 0 Å². The van der Waals surface area contributed by atoms with E-state index in [1.54, 1.807) is 17.0 Å². The van der Waals surface area contributed by atoms with Crippen LogP contribution in [0.3, 0.4) is 0 Å². The van der Waals surface area contributed by atoms with E-state index in [1.165, 1.54) is 17.7 Å². The zero-order valence-electron chi connectivity index (χ0n) is 24.4. The number of hydrogen-bond acceptors (Lipinski definition) is 4. The number of amides is 2. The highest BCUT2D eigenvalue weighted by Gasteiger charge is 2.25. The van der Waals surface area contributed by atoms with Crippen LogP contribution >= 0.6 is 15.9 Å². The van der Waals surface area contributed by atoms with Gasteiger partial charge in [0.15, 0.2) is 0 Å². The van der Waals surface area contributed by atoms with Gasteiger partial charge in [0.1, 0.15) is 11.6 Å². The Labute approximate surface area is 255 Å². The van der Waals surface area contributed by atoms with E-state index in [0.717, 1.165) is 37.0 Å². The number of hydrogen-bond donors (Lipinski definition) is 3. The quantitative estimate of drug-likeness (QED) is 0.189. The summed E-state index contributed by atoms with van der Waals surface area (Å²) in [5.41, 5.74) is 3.01. The van der Waals surface area contributed by atoms with E-state index in [0.29, 0.717) is 29.7 Å². The first-order chi connectivity index (χ1) is 20.1. The van der Waals surface area contributed by atoms with E-state index in [9.17, 15) is 23.5 Å². The fourth-order valence-electron chi connectivity index (χ4n) is 4.81. The molecule has 0 aliphatic heterocycles. The SMILES string of the molecule is CCCN(CCC)C(=O)c1cc(Br)cc(C(=O)NC(Cc2ccc(F)cc2F)[C@H](O)CNCc2cccc(CC)c2)c1. The third kappa shape index (κ3) is 9.71. The van der Waals surface area contributed by atoms with Gasteiger partial charge in [0.05, 0.1) is 12.1 Å². The van der Waals surface area contributed by atoms with Gasteiger partial charge in [-0.15, -0.1) is 0 Å². The van der Waals surface area contributed by atoms with E-state index in [2.05, 4.69) is 39.6 Å². The predicted molar refractivity (Wildman–Crippen MR) is 165 cm³/mol. The molecule has 0 bridgehead atoms. The Morgan fingerprint density at radius 3 is 2.29 bits per heavy atom. The second kappa shape index (κ2) is 16.5. The van der Waals surface area contributed by atoms with Crippen molar-refractivity contribution in [3.05, 3.63) is 105 Å². The molecule has 0 heterocycles. The van der Waals surface area contributed by atoms with Crippen molar-refractivity contribution in [2.24, 2.45) is 0 Å². The molecule has 0 saturated heterocycles. The molecule has 6 nitrogen and oxygen atoms in total. The number of benzene rings is 3. The molecule has 2 atom stereocenters. The van der Waals surface area contributed by atoms with E-state index in [4.69, 9.17) is 0 Å². The Kier molecular flexibility index (Phi) is 13.1. The molecule has 0 aromatic heterocycles. The van der Waals surface area contributed by atoms with Crippen molar-refractivity contribution in [2.45, 2.75) is 65.1 Å². The number of nitrogens with zero attached hydrogens (tertiary/aromatic N) is 1. The normalized spacial score (nSPS) is 12.5. The smallest absolute Gasteiger partial charge is 0.253 e. The Hall–Kier alpha value is -3.14. The number of carbonyl (C=O) groups excluding carboxylic acids is 2. The number of halogens is 3. The van der Waals surface area contributed by atoms with Crippen LogP contribution in [0.2, 0.25) is 0 Å². The fourth-order valence-corrected chi connectivity index (χ4v) is 5.30. The highest BCUT2D eigenvalue weighted by atomic mass is 79.9. The highest BCUT2D eigenvalue weighted by molar-refractivity contribution is 9.10. The first-order valence-corrected chi connectivity index (χ1v) is 15.3. The predicted octanol–water partition coefficient (Wildman–Crippen LogP) is 6.04. The molecule has 3 N–H and O–H groups in total. The van der Waals surface area contributed by atoms with Gasteiger partial charge in [0.25, 0.3) is 11.8 Å². The van der Waals surface area contributed by atoms with Crippen molar-refractivity contribution in [1.29, 1.82) is 0 Å². The Morgan fingerprint density at radius 2 is 1.62 bits per heavy atom. The van der Waals surface area contributed by atoms with Crippen LogP contribution in [0.25, 0.3) is 0 Å². The molecular weight excluding hydrogens is 604 g/mol. The van der Waals surface area contributed by atoms with Crippen LogP contribution in [0.15, 0.2) is 65.1 Å². The molecule has 42 heavy (non-hydrogen) atoms. The zero-order chi connectivity index (χ0) is 30.6. The Morgan fingerprint density at radius 1 is 0.929 bits per heavy atom. The van der Waals surface area contributed by atoms with Crippen LogP contribution in [-0.2, 0) is 19.4 Å². The maximum atomic E-state index is 14.6. The highest BCUT2D eigenvalue weighted by Crippen LogP contribution is 2.19. The van der Waals surface area contributed by atoms with Gasteiger partial charge >= 0.3 is 0 Å². The number of nitrogens with one attached hydrogen (secondary N) is 2. The second-order valence-electron chi connectivity index (χ2n) is 10.4. The summed E-state index contributed by atoms with van der Waals surface area (Å²) in [7, 11) is 0. The topological polar surface area (TPSA) is 81.7 Å². The molecule has 226 valence electrons. The summed E-state index contributed by atoms with van der Waals surface area (Å²) in [4.78, 5) is 28.4. The lowest BCUT2D eigenvalue weighted by atomic mass is 9.99. The minimum atomic E-state index is -1.09. The molecule has 3 aromatic carbocycles. The van der Waals surface area contributed by atoms with Gasteiger partial charge in [0, 0.05) is 47.8 Å². The maximum Gasteiger partial charge on any atom is 0.253 e. The zero-order valence-corrected chi connectivity index (χ0v) is 26.0. The maximum absolute atomic E-state index is 14.6. The summed E-state index contributed by atoms with van der Waals surface area (Å²) in [5, 5.41) is 17.2. The Balaban J connectivity index is 1.80. The first kappa shape index (κ1) is 33.4. The molecule has 0 saturated carbocycles. The molecule has 0 aliphatic carbocycles. The van der Waals surface area contributed by atoms with Gasteiger partial charge in [-0.05, 0) is 66.6 Å². The van der Waals surface area contributed by atoms with E-state index in [-0.39, 0.29) is 30.0 Å². The summed E-state index contributed by atoms with van der Waals surface area (Å²) >= 11 is 3.41. The summed E-state index contributed by atoms with van der Waals surface area (Å²) in [5.74, 6) is -2.16. The molecule has 3 aromatic rings. The third-order valence-corrected chi connectivity index (χ3v) is 7.46. The lowest BCUT2D eigenvalue weighted by Gasteiger charge is -2.25. The molecule has 9 heteroatoms. The van der Waals surface area contributed by atoms with Gasteiger partial charge in [-0.3, -0.25) is 9.59 Å². The average molecular weight is 645 g/mol.